The third kappa shape index (κ3) is 6.92. The molecule has 4 rings (SSSR count). The summed E-state index contributed by atoms with van der Waals surface area (Å²) in [6.45, 7) is 3.81. The topological polar surface area (TPSA) is 183 Å². The highest BCUT2D eigenvalue weighted by Crippen LogP contribution is 2.40. The van der Waals surface area contributed by atoms with Crippen molar-refractivity contribution in [3.05, 3.63) is 22.9 Å². The zero-order valence-corrected chi connectivity index (χ0v) is 23.9. The van der Waals surface area contributed by atoms with Crippen LogP contribution in [0.1, 0.15) is 39.0 Å². The number of esters is 1. The molecule has 0 bridgehead atoms. The third-order valence-corrected chi connectivity index (χ3v) is 8.65. The molecule has 0 saturated carbocycles. The fourth-order valence-electron chi connectivity index (χ4n) is 4.49. The van der Waals surface area contributed by atoms with E-state index in [-0.39, 0.29) is 29.6 Å². The van der Waals surface area contributed by atoms with E-state index in [0.717, 1.165) is 19.3 Å². The number of carbonyl (C=O) groups is 2. The summed E-state index contributed by atoms with van der Waals surface area (Å²) in [5, 5.41) is 20.4. The number of imidazole rings is 1. The van der Waals surface area contributed by atoms with Gasteiger partial charge in [-0.05, 0) is 73.1 Å². The lowest BCUT2D eigenvalue weighted by molar-refractivity contribution is -0.159. The third-order valence-electron chi connectivity index (χ3n) is 6.68. The number of phenols is 2. The Balaban J connectivity index is 1.41. The highest BCUT2D eigenvalue weighted by atomic mass is 79.9. The Morgan fingerprint density at radius 1 is 1.23 bits per heavy atom. The molecule has 1 atom stereocenters. The highest BCUT2D eigenvalue weighted by Gasteiger charge is 2.28. The number of aromatic nitrogens is 4. The van der Waals surface area contributed by atoms with Crippen LogP contribution in [0.5, 0.6) is 11.5 Å². The summed E-state index contributed by atoms with van der Waals surface area (Å²) in [5.74, 6) is -0.393. The van der Waals surface area contributed by atoms with E-state index in [4.69, 9.17) is 16.2 Å². The molecule has 12 nitrogen and oxygen atoms in total. The largest absolute Gasteiger partial charge is 0.504 e. The Morgan fingerprint density at radius 2 is 1.95 bits per heavy atom. The van der Waals surface area contributed by atoms with Crippen LogP contribution in [0.25, 0.3) is 11.2 Å². The lowest BCUT2D eigenvalue weighted by Gasteiger charge is -2.33. The number of nitrogen functional groups attached to an aromatic ring is 1. The fraction of sp³-hybridized carbons (Fsp3) is 0.480. The number of hydrogen-bond acceptors (Lipinski definition) is 11. The van der Waals surface area contributed by atoms with Crippen LogP contribution in [0.4, 0.5) is 5.82 Å². The highest BCUT2D eigenvalue weighted by molar-refractivity contribution is 9.10. The van der Waals surface area contributed by atoms with E-state index in [2.05, 4.69) is 30.9 Å². The lowest BCUT2D eigenvalue weighted by Crippen LogP contribution is -2.44. The van der Waals surface area contributed by atoms with Gasteiger partial charge in [-0.3, -0.25) is 9.59 Å². The number of carbonyl (C=O) groups excluding carboxylic acids is 2. The molecule has 1 aliphatic heterocycles. The van der Waals surface area contributed by atoms with E-state index in [9.17, 15) is 19.8 Å². The number of halogens is 1. The molecule has 2 aromatic heterocycles. The lowest BCUT2D eigenvalue weighted by atomic mass is 9.93. The van der Waals surface area contributed by atoms with Gasteiger partial charge in [-0.1, -0.05) is 11.8 Å². The molecule has 0 spiro atoms. The molecule has 1 aliphatic rings. The molecular weight excluding hydrogens is 590 g/mol. The molecule has 1 amide bonds. The standard InChI is InChI=1S/C25H32BrN7O5S/c1-14(38-20(36)3-2-7-27)24(37)32-8-4-15(5-9-32)6-10-33-23-21(22(28)29-13-30-23)31-25(33)39-19-12-18(35)17(34)11-16(19)26/h11-15,34-35H,2-10,27H2,1H3,(H2,28,29,30)/t14-/m0/s1. The van der Waals surface area contributed by atoms with Crippen LogP contribution < -0.4 is 11.5 Å². The van der Waals surface area contributed by atoms with Crippen LogP contribution in [0.3, 0.4) is 0 Å². The summed E-state index contributed by atoms with van der Waals surface area (Å²) in [4.78, 5) is 40.2. The van der Waals surface area contributed by atoms with Crippen LogP contribution in [-0.2, 0) is 20.9 Å². The van der Waals surface area contributed by atoms with Crippen molar-refractivity contribution < 1.29 is 24.5 Å². The van der Waals surface area contributed by atoms with E-state index in [0.29, 0.717) is 64.2 Å². The monoisotopic (exact) mass is 621 g/mol. The van der Waals surface area contributed by atoms with Crippen molar-refractivity contribution >= 4 is 56.6 Å². The first-order chi connectivity index (χ1) is 18.7. The van der Waals surface area contributed by atoms with Crippen LogP contribution in [-0.4, -0.2) is 72.2 Å². The SMILES string of the molecule is C[C@H](OC(=O)CCCN)C(=O)N1CCC(CCn2c(Sc3cc(O)c(O)cc3Br)nc3c(N)ncnc32)CC1. The Morgan fingerprint density at radius 3 is 2.67 bits per heavy atom. The van der Waals surface area contributed by atoms with Gasteiger partial charge in [0.05, 0.1) is 0 Å². The Kier molecular flexibility index (Phi) is 9.51. The van der Waals surface area contributed by atoms with Gasteiger partial charge in [0.25, 0.3) is 5.91 Å². The first-order valence-electron chi connectivity index (χ1n) is 12.7. The molecule has 3 aromatic rings. The number of aromatic hydroxyl groups is 2. The number of phenolic OH excluding ortho intramolecular Hbond substituents is 2. The Labute approximate surface area is 238 Å². The summed E-state index contributed by atoms with van der Waals surface area (Å²) >= 11 is 4.74. The van der Waals surface area contributed by atoms with Crippen molar-refractivity contribution in [3.63, 3.8) is 0 Å². The second kappa shape index (κ2) is 12.8. The van der Waals surface area contributed by atoms with Gasteiger partial charge in [0.2, 0.25) is 0 Å². The number of fused-ring (bicyclic) bond motifs is 1. The van der Waals surface area contributed by atoms with E-state index in [1.54, 1.807) is 11.8 Å². The first-order valence-corrected chi connectivity index (χ1v) is 14.3. The van der Waals surface area contributed by atoms with Crippen LogP contribution >= 0.6 is 27.7 Å². The molecule has 1 saturated heterocycles. The van der Waals surface area contributed by atoms with Gasteiger partial charge in [0.15, 0.2) is 39.7 Å². The second-order valence-corrected chi connectivity index (χ2v) is 11.3. The number of likely N-dealkylation sites (tertiary alicyclic amines) is 1. The van der Waals surface area contributed by atoms with Crippen LogP contribution in [0.15, 0.2) is 33.0 Å². The normalized spacial score (nSPS) is 15.0. The van der Waals surface area contributed by atoms with Crippen molar-refractivity contribution in [3.8, 4) is 11.5 Å². The molecule has 14 heteroatoms. The molecule has 6 N–H and O–H groups in total. The Bertz CT molecular complexity index is 1350. The Hall–Kier alpha value is -3.10. The van der Waals surface area contributed by atoms with Gasteiger partial charge in [-0.15, -0.1) is 0 Å². The number of nitrogens with zero attached hydrogens (tertiary/aromatic N) is 5. The van der Waals surface area contributed by atoms with Crippen LogP contribution in [0, 0.1) is 5.92 Å². The molecule has 0 radical (unpaired) electrons. The summed E-state index contributed by atoms with van der Waals surface area (Å²) in [6.07, 6.45) is 3.81. The molecular formula is C25H32BrN7O5S. The molecule has 3 heterocycles. The van der Waals surface area contributed by atoms with Crippen molar-refractivity contribution in [2.75, 3.05) is 25.4 Å². The van der Waals surface area contributed by atoms with Crippen molar-refractivity contribution in [2.45, 2.75) is 61.7 Å². The molecule has 0 aliphatic carbocycles. The van der Waals surface area contributed by atoms with E-state index < -0.39 is 12.1 Å². The smallest absolute Gasteiger partial charge is 0.306 e. The van der Waals surface area contributed by atoms with Gasteiger partial charge in [-0.25, -0.2) is 15.0 Å². The van der Waals surface area contributed by atoms with Gasteiger partial charge >= 0.3 is 5.97 Å². The summed E-state index contributed by atoms with van der Waals surface area (Å²) in [5.41, 5.74) is 12.6. The number of benzene rings is 1. The summed E-state index contributed by atoms with van der Waals surface area (Å²) in [7, 11) is 0. The number of anilines is 1. The second-order valence-electron chi connectivity index (χ2n) is 9.43. The van der Waals surface area contributed by atoms with Crippen molar-refractivity contribution in [1.29, 1.82) is 0 Å². The number of amides is 1. The van der Waals surface area contributed by atoms with E-state index in [1.165, 1.54) is 30.2 Å². The predicted octanol–water partition coefficient (Wildman–Crippen LogP) is 3.03. The number of hydrogen-bond donors (Lipinski definition) is 4. The zero-order chi connectivity index (χ0) is 28.1. The molecule has 210 valence electrons. The molecule has 1 fully saturated rings. The maximum atomic E-state index is 12.8. The number of nitrogens with two attached hydrogens (primary N) is 2. The number of piperidine rings is 1. The van der Waals surface area contributed by atoms with E-state index in [1.807, 2.05) is 4.57 Å². The van der Waals surface area contributed by atoms with Crippen molar-refractivity contribution in [1.82, 2.24) is 24.4 Å². The average molecular weight is 623 g/mol. The minimum atomic E-state index is -0.812. The number of aryl methyl sites for hydroxylation is 1. The maximum absolute atomic E-state index is 12.8. The van der Waals surface area contributed by atoms with E-state index >= 15 is 0 Å². The summed E-state index contributed by atoms with van der Waals surface area (Å²) < 4.78 is 7.86. The quantitative estimate of drug-likeness (QED) is 0.193. The zero-order valence-electron chi connectivity index (χ0n) is 21.5. The van der Waals surface area contributed by atoms with Gasteiger partial charge in [0.1, 0.15) is 6.33 Å². The van der Waals surface area contributed by atoms with Crippen molar-refractivity contribution in [2.24, 2.45) is 11.7 Å². The summed E-state index contributed by atoms with van der Waals surface area (Å²) in [6, 6.07) is 2.89. The van der Waals surface area contributed by atoms with Crippen LogP contribution in [0.2, 0.25) is 0 Å². The predicted molar refractivity (Wildman–Crippen MR) is 149 cm³/mol. The molecule has 0 unspecified atom stereocenters. The average Bonchev–Trinajstić information content (AvgIpc) is 3.27. The molecule has 1 aromatic carbocycles. The number of rotatable bonds is 10. The first kappa shape index (κ1) is 28.9. The molecule has 39 heavy (non-hydrogen) atoms. The minimum Gasteiger partial charge on any atom is -0.504 e. The minimum absolute atomic E-state index is 0.177. The van der Waals surface area contributed by atoms with Gasteiger partial charge < -0.3 is 35.9 Å². The van der Waals surface area contributed by atoms with Gasteiger partial charge in [0, 0.05) is 35.4 Å². The number of ether oxygens (including phenoxy) is 1. The maximum Gasteiger partial charge on any atom is 0.306 e. The van der Waals surface area contributed by atoms with Gasteiger partial charge in [-0.2, -0.15) is 0 Å². The fourth-order valence-corrected chi connectivity index (χ4v) is 6.01.